The molecule has 12 heteroatoms. The standard InChI is InChI=1S/C16H21N7O5/c1-8(2)27-5-9-11(24)12(25)15(28-9)23-7-21-10-13(19-6-20-14(10)23)22-16(26)18-4-3-17/h6-9,11-12,15,24-25H,4-5H2,1-2H3,(H2,18,19,20,22,26)/t9-,11-,12-,15-/m1/s1. The summed E-state index contributed by atoms with van der Waals surface area (Å²) in [6.07, 6.45) is -1.45. The lowest BCUT2D eigenvalue weighted by atomic mass is 10.1. The highest BCUT2D eigenvalue weighted by Crippen LogP contribution is 2.32. The van der Waals surface area contributed by atoms with Gasteiger partial charge in [-0.1, -0.05) is 0 Å². The lowest BCUT2D eigenvalue weighted by Gasteiger charge is -2.17. The molecule has 0 spiro atoms. The molecule has 3 heterocycles. The van der Waals surface area contributed by atoms with Crippen molar-refractivity contribution in [2.24, 2.45) is 0 Å². The first-order valence-electron chi connectivity index (χ1n) is 8.65. The van der Waals surface area contributed by atoms with E-state index >= 15 is 0 Å². The minimum Gasteiger partial charge on any atom is -0.387 e. The minimum absolute atomic E-state index is 0.0466. The van der Waals surface area contributed by atoms with E-state index in [9.17, 15) is 15.0 Å². The van der Waals surface area contributed by atoms with Crippen LogP contribution in [-0.4, -0.2) is 73.3 Å². The van der Waals surface area contributed by atoms with Crippen LogP contribution in [0, 0.1) is 11.3 Å². The number of urea groups is 1. The molecule has 12 nitrogen and oxygen atoms in total. The predicted octanol–water partition coefficient (Wildman–Crippen LogP) is -0.484. The molecule has 1 aliphatic heterocycles. The molecule has 0 aromatic carbocycles. The molecule has 150 valence electrons. The lowest BCUT2D eigenvalue weighted by Crippen LogP contribution is -2.34. The van der Waals surface area contributed by atoms with Crippen LogP contribution in [0.1, 0.15) is 20.1 Å². The van der Waals surface area contributed by atoms with Crippen LogP contribution in [-0.2, 0) is 9.47 Å². The first kappa shape index (κ1) is 19.9. The van der Waals surface area contributed by atoms with Crippen LogP contribution in [0.3, 0.4) is 0 Å². The number of amides is 2. The Kier molecular flexibility index (Phi) is 6.00. The van der Waals surface area contributed by atoms with E-state index in [1.54, 1.807) is 6.07 Å². The Morgan fingerprint density at radius 2 is 2.18 bits per heavy atom. The van der Waals surface area contributed by atoms with Crippen LogP contribution in [0.25, 0.3) is 11.2 Å². The van der Waals surface area contributed by atoms with Crippen LogP contribution in [0.5, 0.6) is 0 Å². The van der Waals surface area contributed by atoms with Crippen LogP contribution in [0.4, 0.5) is 10.6 Å². The molecule has 0 radical (unpaired) electrons. The highest BCUT2D eigenvalue weighted by Gasteiger charge is 2.44. The Hall–Kier alpha value is -2.85. The van der Waals surface area contributed by atoms with E-state index in [4.69, 9.17) is 14.7 Å². The molecule has 2 aromatic heterocycles. The number of ether oxygens (including phenoxy) is 2. The van der Waals surface area contributed by atoms with Crippen molar-refractivity contribution in [2.45, 2.75) is 44.5 Å². The fraction of sp³-hybridized carbons (Fsp3) is 0.562. The highest BCUT2D eigenvalue weighted by molar-refractivity contribution is 5.95. The molecule has 3 rings (SSSR count). The largest absolute Gasteiger partial charge is 0.387 e. The Morgan fingerprint density at radius 3 is 2.89 bits per heavy atom. The van der Waals surface area contributed by atoms with E-state index in [0.717, 1.165) is 0 Å². The van der Waals surface area contributed by atoms with E-state index in [1.807, 2.05) is 13.8 Å². The second-order valence-corrected chi connectivity index (χ2v) is 6.44. The molecule has 1 fully saturated rings. The number of aliphatic hydroxyl groups is 2. The third-order valence-corrected chi connectivity index (χ3v) is 4.12. The van der Waals surface area contributed by atoms with Gasteiger partial charge in [-0.2, -0.15) is 5.26 Å². The Balaban J connectivity index is 1.82. The number of hydrogen-bond donors (Lipinski definition) is 4. The monoisotopic (exact) mass is 391 g/mol. The molecular weight excluding hydrogens is 370 g/mol. The van der Waals surface area contributed by atoms with Gasteiger partial charge in [0.1, 0.15) is 31.2 Å². The number of aromatic nitrogens is 4. The molecule has 1 saturated heterocycles. The van der Waals surface area contributed by atoms with Crippen molar-refractivity contribution in [3.8, 4) is 6.07 Å². The summed E-state index contributed by atoms with van der Waals surface area (Å²) < 4.78 is 12.7. The molecule has 4 atom stereocenters. The number of carbonyl (C=O) groups is 1. The summed E-state index contributed by atoms with van der Waals surface area (Å²) in [7, 11) is 0. The van der Waals surface area contributed by atoms with Crippen molar-refractivity contribution >= 4 is 23.0 Å². The number of nitriles is 1. The van der Waals surface area contributed by atoms with Gasteiger partial charge in [0.2, 0.25) is 0 Å². The quantitative estimate of drug-likeness (QED) is 0.475. The fourth-order valence-electron chi connectivity index (χ4n) is 2.79. The zero-order valence-electron chi connectivity index (χ0n) is 15.3. The van der Waals surface area contributed by atoms with Gasteiger partial charge < -0.3 is 25.0 Å². The first-order valence-corrected chi connectivity index (χ1v) is 8.65. The average Bonchev–Trinajstić information content (AvgIpc) is 3.21. The van der Waals surface area contributed by atoms with Gasteiger partial charge in [0, 0.05) is 0 Å². The topological polar surface area (TPSA) is 167 Å². The molecule has 0 unspecified atom stereocenters. The number of fused-ring (bicyclic) bond motifs is 1. The zero-order valence-corrected chi connectivity index (χ0v) is 15.3. The molecule has 4 N–H and O–H groups in total. The van der Waals surface area contributed by atoms with Gasteiger partial charge in [-0.15, -0.1) is 0 Å². The third-order valence-electron chi connectivity index (χ3n) is 4.12. The number of rotatable bonds is 6. The van der Waals surface area contributed by atoms with Crippen molar-refractivity contribution in [2.75, 3.05) is 18.5 Å². The van der Waals surface area contributed by atoms with E-state index in [-0.39, 0.29) is 30.6 Å². The summed E-state index contributed by atoms with van der Waals surface area (Å²) in [5, 5.41) is 34.0. The van der Waals surface area contributed by atoms with Crippen molar-refractivity contribution in [3.05, 3.63) is 12.7 Å². The van der Waals surface area contributed by atoms with Crippen molar-refractivity contribution in [1.29, 1.82) is 5.26 Å². The van der Waals surface area contributed by atoms with Gasteiger partial charge in [0.25, 0.3) is 0 Å². The average molecular weight is 391 g/mol. The number of nitrogens with zero attached hydrogens (tertiary/aromatic N) is 5. The third kappa shape index (κ3) is 4.02. The maximum Gasteiger partial charge on any atom is 0.321 e. The molecule has 2 aromatic rings. The smallest absolute Gasteiger partial charge is 0.321 e. The molecule has 0 aliphatic carbocycles. The molecular formula is C16H21N7O5. The summed E-state index contributed by atoms with van der Waals surface area (Å²) >= 11 is 0. The zero-order chi connectivity index (χ0) is 20.3. The SMILES string of the molecule is CC(C)OC[C@H]1O[C@@H](n2cnc3c(NC(=O)NCC#N)ncnc32)[C@H](O)[C@@H]1O. The number of aliphatic hydroxyl groups excluding tert-OH is 2. The number of anilines is 1. The normalized spacial score (nSPS) is 24.4. The first-order chi connectivity index (χ1) is 13.4. The highest BCUT2D eigenvalue weighted by atomic mass is 16.6. The van der Waals surface area contributed by atoms with Crippen LogP contribution in [0.2, 0.25) is 0 Å². The Bertz CT molecular complexity index is 880. The predicted molar refractivity (Wildman–Crippen MR) is 95.0 cm³/mol. The number of hydrogen-bond acceptors (Lipinski definition) is 9. The second-order valence-electron chi connectivity index (χ2n) is 6.44. The Morgan fingerprint density at radius 1 is 1.39 bits per heavy atom. The van der Waals surface area contributed by atoms with Gasteiger partial charge in [-0.05, 0) is 13.8 Å². The van der Waals surface area contributed by atoms with Gasteiger partial charge >= 0.3 is 6.03 Å². The van der Waals surface area contributed by atoms with E-state index in [1.165, 1.54) is 17.2 Å². The minimum atomic E-state index is -1.22. The van der Waals surface area contributed by atoms with Gasteiger partial charge in [0.15, 0.2) is 23.2 Å². The van der Waals surface area contributed by atoms with Crippen molar-refractivity contribution in [1.82, 2.24) is 24.8 Å². The summed E-state index contributed by atoms with van der Waals surface area (Å²) in [4.78, 5) is 24.1. The molecule has 28 heavy (non-hydrogen) atoms. The second kappa shape index (κ2) is 8.44. The summed E-state index contributed by atoms with van der Waals surface area (Å²) in [6.45, 7) is 3.68. The van der Waals surface area contributed by atoms with Crippen molar-refractivity contribution < 1.29 is 24.5 Å². The summed E-state index contributed by atoms with van der Waals surface area (Å²) in [5.41, 5.74) is 0.564. The Labute approximate surface area is 160 Å². The van der Waals surface area contributed by atoms with Crippen LogP contribution in [0.15, 0.2) is 12.7 Å². The van der Waals surface area contributed by atoms with Crippen LogP contribution >= 0.6 is 0 Å². The van der Waals surface area contributed by atoms with E-state index in [0.29, 0.717) is 5.65 Å². The number of carbonyl (C=O) groups excluding carboxylic acids is 1. The van der Waals surface area contributed by atoms with Gasteiger partial charge in [0.05, 0.1) is 25.1 Å². The van der Waals surface area contributed by atoms with Gasteiger partial charge in [-0.25, -0.2) is 19.7 Å². The number of nitrogens with one attached hydrogen (secondary N) is 2. The van der Waals surface area contributed by atoms with Crippen LogP contribution < -0.4 is 10.6 Å². The maximum atomic E-state index is 11.8. The molecule has 2 amide bonds. The van der Waals surface area contributed by atoms with Gasteiger partial charge in [-0.3, -0.25) is 9.88 Å². The van der Waals surface area contributed by atoms with E-state index in [2.05, 4.69) is 25.6 Å². The molecule has 0 bridgehead atoms. The van der Waals surface area contributed by atoms with Crippen molar-refractivity contribution in [3.63, 3.8) is 0 Å². The summed E-state index contributed by atoms with van der Waals surface area (Å²) in [5.74, 6) is 0.131. The maximum absolute atomic E-state index is 11.8. The lowest BCUT2D eigenvalue weighted by molar-refractivity contribution is -0.0754. The van der Waals surface area contributed by atoms with E-state index < -0.39 is 30.6 Å². The summed E-state index contributed by atoms with van der Waals surface area (Å²) in [6, 6.07) is 1.17. The fourth-order valence-corrected chi connectivity index (χ4v) is 2.79. The molecule has 0 saturated carbocycles. The number of imidazole rings is 1. The molecule has 1 aliphatic rings.